The molecule has 0 saturated carbocycles. The van der Waals surface area contributed by atoms with Crippen LogP contribution in [0.1, 0.15) is 16.7 Å². The highest BCUT2D eigenvalue weighted by Gasteiger charge is 2.15. The first-order chi connectivity index (χ1) is 9.92. The Kier molecular flexibility index (Phi) is 3.85. The van der Waals surface area contributed by atoms with E-state index in [1.165, 1.54) is 24.3 Å². The molecule has 0 N–H and O–H groups in total. The minimum absolute atomic E-state index is 0.0137. The first-order valence-corrected chi connectivity index (χ1v) is 6.05. The fourth-order valence-corrected chi connectivity index (χ4v) is 1.85. The first kappa shape index (κ1) is 14.5. The van der Waals surface area contributed by atoms with Gasteiger partial charge in [-0.05, 0) is 43.7 Å². The molecule has 21 heavy (non-hydrogen) atoms. The second-order valence-corrected chi connectivity index (χ2v) is 4.52. The summed E-state index contributed by atoms with van der Waals surface area (Å²) >= 11 is 0. The van der Waals surface area contributed by atoms with E-state index in [0.717, 1.165) is 6.07 Å². The molecule has 6 heteroatoms. The van der Waals surface area contributed by atoms with Gasteiger partial charge in [-0.1, -0.05) is 0 Å². The third-order valence-corrected chi connectivity index (χ3v) is 2.97. The Balaban J connectivity index is 2.39. The normalized spacial score (nSPS) is 10.0. The number of nitrogens with zero attached hydrogens (tertiary/aromatic N) is 2. The van der Waals surface area contributed by atoms with Gasteiger partial charge in [0.25, 0.3) is 5.69 Å². The number of halogens is 1. The molecule has 2 rings (SSSR count). The van der Waals surface area contributed by atoms with Crippen LogP contribution in [-0.4, -0.2) is 4.92 Å². The van der Waals surface area contributed by atoms with Crippen LogP contribution in [0.25, 0.3) is 0 Å². The van der Waals surface area contributed by atoms with E-state index < -0.39 is 10.7 Å². The number of nitriles is 1. The molecular weight excluding hydrogens is 275 g/mol. The van der Waals surface area contributed by atoms with Crippen molar-refractivity contribution in [3.05, 3.63) is 63.0 Å². The zero-order valence-electron chi connectivity index (χ0n) is 11.4. The van der Waals surface area contributed by atoms with Gasteiger partial charge >= 0.3 is 0 Å². The molecule has 0 unspecified atom stereocenters. The van der Waals surface area contributed by atoms with Crippen molar-refractivity contribution in [3.8, 4) is 17.6 Å². The molecule has 2 aromatic carbocycles. The number of nitro groups is 1. The van der Waals surface area contributed by atoms with Crippen molar-refractivity contribution in [1.29, 1.82) is 5.26 Å². The van der Waals surface area contributed by atoms with Crippen LogP contribution in [-0.2, 0) is 0 Å². The number of rotatable bonds is 3. The van der Waals surface area contributed by atoms with Crippen LogP contribution in [0, 0.1) is 41.1 Å². The molecule has 5 nitrogen and oxygen atoms in total. The molecule has 0 spiro atoms. The van der Waals surface area contributed by atoms with E-state index in [9.17, 15) is 14.5 Å². The Bertz CT molecular complexity index is 766. The Morgan fingerprint density at radius 1 is 1.19 bits per heavy atom. The summed E-state index contributed by atoms with van der Waals surface area (Å²) in [6.45, 7) is 3.23. The summed E-state index contributed by atoms with van der Waals surface area (Å²) in [4.78, 5) is 10.4. The Morgan fingerprint density at radius 3 is 2.48 bits per heavy atom. The highest BCUT2D eigenvalue weighted by atomic mass is 19.1. The monoisotopic (exact) mass is 286 g/mol. The number of nitro benzene ring substituents is 1. The summed E-state index contributed by atoms with van der Waals surface area (Å²) in [5, 5.41) is 19.5. The van der Waals surface area contributed by atoms with Crippen molar-refractivity contribution in [3.63, 3.8) is 0 Å². The van der Waals surface area contributed by atoms with E-state index in [0.29, 0.717) is 16.9 Å². The van der Waals surface area contributed by atoms with E-state index in [-0.39, 0.29) is 17.0 Å². The smallest absolute Gasteiger partial charge is 0.272 e. The first-order valence-electron chi connectivity index (χ1n) is 6.05. The summed E-state index contributed by atoms with van der Waals surface area (Å²) in [7, 11) is 0. The Labute approximate surface area is 120 Å². The van der Waals surface area contributed by atoms with E-state index in [4.69, 9.17) is 10.00 Å². The molecule has 106 valence electrons. The number of hydrogen-bond acceptors (Lipinski definition) is 4. The fraction of sp³-hybridized carbons (Fsp3) is 0.133. The summed E-state index contributed by atoms with van der Waals surface area (Å²) < 4.78 is 19.2. The molecule has 0 amide bonds. The molecule has 0 atom stereocenters. The predicted octanol–water partition coefficient (Wildman–Crippen LogP) is 4.01. The molecule has 0 aliphatic carbocycles. The van der Waals surface area contributed by atoms with Crippen LogP contribution in [0.2, 0.25) is 0 Å². The standard InChI is InChI=1S/C15H11FN2O3/c1-9-6-15(10(2)5-13(9)18(19)20)21-14-4-3-11(8-17)7-12(14)16/h3-7H,1-2H3. The lowest BCUT2D eigenvalue weighted by molar-refractivity contribution is -0.385. The zero-order chi connectivity index (χ0) is 15.6. The van der Waals surface area contributed by atoms with Gasteiger partial charge in [0, 0.05) is 11.6 Å². The van der Waals surface area contributed by atoms with Crippen molar-refractivity contribution in [1.82, 2.24) is 0 Å². The number of benzene rings is 2. The van der Waals surface area contributed by atoms with Crippen molar-refractivity contribution in [2.75, 3.05) is 0 Å². The summed E-state index contributed by atoms with van der Waals surface area (Å²) in [6, 6.07) is 8.56. The van der Waals surface area contributed by atoms with E-state index in [1.807, 2.05) is 6.07 Å². The van der Waals surface area contributed by atoms with E-state index in [1.54, 1.807) is 13.8 Å². The van der Waals surface area contributed by atoms with Gasteiger partial charge in [-0.15, -0.1) is 0 Å². The molecule has 0 fully saturated rings. The van der Waals surface area contributed by atoms with Gasteiger partial charge in [0.1, 0.15) is 5.75 Å². The van der Waals surface area contributed by atoms with Gasteiger partial charge in [-0.25, -0.2) is 4.39 Å². The van der Waals surface area contributed by atoms with Crippen LogP contribution >= 0.6 is 0 Å². The van der Waals surface area contributed by atoms with Crippen LogP contribution in [0.3, 0.4) is 0 Å². The van der Waals surface area contributed by atoms with Crippen molar-refractivity contribution >= 4 is 5.69 Å². The molecule has 0 aliphatic heterocycles. The summed E-state index contributed by atoms with van der Waals surface area (Å²) in [5.74, 6) is -0.364. The van der Waals surface area contributed by atoms with Gasteiger partial charge in [0.15, 0.2) is 11.6 Å². The topological polar surface area (TPSA) is 76.2 Å². The SMILES string of the molecule is Cc1cc([N+](=O)[O-])c(C)cc1Oc1ccc(C#N)cc1F. The molecular formula is C15H11FN2O3. The second-order valence-electron chi connectivity index (χ2n) is 4.52. The lowest BCUT2D eigenvalue weighted by atomic mass is 10.1. The Hall–Kier alpha value is -2.94. The van der Waals surface area contributed by atoms with Crippen molar-refractivity contribution in [2.24, 2.45) is 0 Å². The molecule has 0 aromatic heterocycles. The maximum Gasteiger partial charge on any atom is 0.272 e. The third-order valence-electron chi connectivity index (χ3n) is 2.97. The number of ether oxygens (including phenoxy) is 1. The predicted molar refractivity (Wildman–Crippen MR) is 73.8 cm³/mol. The lowest BCUT2D eigenvalue weighted by Gasteiger charge is -2.10. The average molecular weight is 286 g/mol. The van der Waals surface area contributed by atoms with Gasteiger partial charge in [-0.2, -0.15) is 5.26 Å². The largest absolute Gasteiger partial charge is 0.454 e. The van der Waals surface area contributed by atoms with Gasteiger partial charge in [-0.3, -0.25) is 10.1 Å². The molecule has 2 aromatic rings. The molecule has 0 radical (unpaired) electrons. The van der Waals surface area contributed by atoms with Crippen LogP contribution in [0.4, 0.5) is 10.1 Å². The second kappa shape index (κ2) is 5.59. The molecule has 0 heterocycles. The molecule has 0 saturated heterocycles. The van der Waals surface area contributed by atoms with E-state index in [2.05, 4.69) is 0 Å². The maximum atomic E-state index is 13.8. The van der Waals surface area contributed by atoms with Crippen molar-refractivity contribution < 1.29 is 14.1 Å². The minimum atomic E-state index is -0.663. The number of aryl methyl sites for hydroxylation is 2. The van der Waals surface area contributed by atoms with Crippen molar-refractivity contribution in [2.45, 2.75) is 13.8 Å². The Morgan fingerprint density at radius 2 is 1.90 bits per heavy atom. The molecule has 0 bridgehead atoms. The third kappa shape index (κ3) is 2.98. The highest BCUT2D eigenvalue weighted by molar-refractivity contribution is 5.51. The van der Waals surface area contributed by atoms with Gasteiger partial charge in [0.2, 0.25) is 0 Å². The van der Waals surface area contributed by atoms with Crippen LogP contribution in [0.15, 0.2) is 30.3 Å². The summed E-state index contributed by atoms with van der Waals surface area (Å²) in [5.41, 5.74) is 1.13. The fourth-order valence-electron chi connectivity index (χ4n) is 1.85. The number of hydrogen-bond donors (Lipinski definition) is 0. The minimum Gasteiger partial charge on any atom is -0.454 e. The maximum absolute atomic E-state index is 13.8. The summed E-state index contributed by atoms with van der Waals surface area (Å²) in [6.07, 6.45) is 0. The van der Waals surface area contributed by atoms with Crippen LogP contribution in [0.5, 0.6) is 11.5 Å². The van der Waals surface area contributed by atoms with E-state index >= 15 is 0 Å². The lowest BCUT2D eigenvalue weighted by Crippen LogP contribution is -1.96. The zero-order valence-corrected chi connectivity index (χ0v) is 11.4. The van der Waals surface area contributed by atoms with Gasteiger partial charge in [0.05, 0.1) is 16.6 Å². The highest BCUT2D eigenvalue weighted by Crippen LogP contribution is 2.32. The van der Waals surface area contributed by atoms with Crippen LogP contribution < -0.4 is 4.74 Å². The average Bonchev–Trinajstić information content (AvgIpc) is 2.44. The molecule has 0 aliphatic rings. The van der Waals surface area contributed by atoms with Gasteiger partial charge < -0.3 is 4.74 Å². The quantitative estimate of drug-likeness (QED) is 0.630.